The summed E-state index contributed by atoms with van der Waals surface area (Å²) in [4.78, 5) is 2.37. The van der Waals surface area contributed by atoms with Crippen molar-refractivity contribution in [3.05, 3.63) is 33.6 Å². The third-order valence-corrected chi connectivity index (χ3v) is 4.92. The lowest BCUT2D eigenvalue weighted by Gasteiger charge is -2.32. The predicted molar refractivity (Wildman–Crippen MR) is 83.0 cm³/mol. The van der Waals surface area contributed by atoms with Gasteiger partial charge in [0, 0.05) is 6.54 Å². The van der Waals surface area contributed by atoms with Crippen LogP contribution in [0, 0.1) is 11.7 Å². The number of halogens is 3. The van der Waals surface area contributed by atoms with Gasteiger partial charge in [0.25, 0.3) is 0 Å². The fourth-order valence-corrected chi connectivity index (χ4v) is 3.11. The van der Waals surface area contributed by atoms with E-state index >= 15 is 0 Å². The molecule has 1 saturated heterocycles. The molecular formula is C15H21Cl2FN2. The van der Waals surface area contributed by atoms with Gasteiger partial charge in [0.15, 0.2) is 0 Å². The zero-order valence-electron chi connectivity index (χ0n) is 11.8. The van der Waals surface area contributed by atoms with Crippen molar-refractivity contribution in [3.8, 4) is 0 Å². The molecule has 0 aromatic heterocycles. The maximum atomic E-state index is 13.3. The van der Waals surface area contributed by atoms with Crippen molar-refractivity contribution in [3.63, 3.8) is 0 Å². The Morgan fingerprint density at radius 2 is 1.95 bits per heavy atom. The average Bonchev–Trinajstić information content (AvgIpc) is 2.47. The van der Waals surface area contributed by atoms with E-state index in [0.717, 1.165) is 37.7 Å². The Labute approximate surface area is 130 Å². The van der Waals surface area contributed by atoms with E-state index in [0.29, 0.717) is 5.02 Å². The molecule has 112 valence electrons. The summed E-state index contributed by atoms with van der Waals surface area (Å²) in [6.07, 6.45) is 3.68. The van der Waals surface area contributed by atoms with E-state index in [1.54, 1.807) is 6.07 Å². The standard InChI is InChI=1S/C15H21Cl2FN2/c1-19-7-4-11-5-8-20(9-6-11)10-12-2-3-13(18)15(17)14(12)16/h2-3,11,19H,4-10H2,1H3. The number of benzene rings is 1. The van der Waals surface area contributed by atoms with Gasteiger partial charge < -0.3 is 5.32 Å². The lowest BCUT2D eigenvalue weighted by atomic mass is 9.93. The molecule has 0 saturated carbocycles. The van der Waals surface area contributed by atoms with Gasteiger partial charge in [-0.1, -0.05) is 29.3 Å². The van der Waals surface area contributed by atoms with E-state index in [9.17, 15) is 4.39 Å². The van der Waals surface area contributed by atoms with Crippen LogP contribution in [-0.4, -0.2) is 31.6 Å². The van der Waals surface area contributed by atoms with Gasteiger partial charge in [-0.15, -0.1) is 0 Å². The van der Waals surface area contributed by atoms with Crippen LogP contribution < -0.4 is 5.32 Å². The minimum absolute atomic E-state index is 0.0353. The van der Waals surface area contributed by atoms with E-state index in [1.165, 1.54) is 25.3 Å². The molecule has 20 heavy (non-hydrogen) atoms. The molecule has 1 heterocycles. The predicted octanol–water partition coefficient (Wildman–Crippen LogP) is 3.95. The van der Waals surface area contributed by atoms with Crippen LogP contribution in [0.25, 0.3) is 0 Å². The van der Waals surface area contributed by atoms with Gasteiger partial charge >= 0.3 is 0 Å². The fraction of sp³-hybridized carbons (Fsp3) is 0.600. The Balaban J connectivity index is 1.88. The van der Waals surface area contributed by atoms with E-state index < -0.39 is 5.82 Å². The normalized spacial score (nSPS) is 17.6. The van der Waals surface area contributed by atoms with Gasteiger partial charge in [0.1, 0.15) is 5.82 Å². The van der Waals surface area contributed by atoms with E-state index in [1.807, 2.05) is 7.05 Å². The van der Waals surface area contributed by atoms with Gasteiger partial charge in [-0.2, -0.15) is 0 Å². The summed E-state index contributed by atoms with van der Waals surface area (Å²) < 4.78 is 13.3. The smallest absolute Gasteiger partial charge is 0.143 e. The first-order valence-electron chi connectivity index (χ1n) is 7.11. The monoisotopic (exact) mass is 318 g/mol. The number of nitrogens with one attached hydrogen (secondary N) is 1. The number of piperidine rings is 1. The molecule has 1 aliphatic heterocycles. The Morgan fingerprint density at radius 3 is 2.60 bits per heavy atom. The second kappa shape index (κ2) is 7.60. The fourth-order valence-electron chi connectivity index (χ4n) is 2.71. The number of hydrogen-bond donors (Lipinski definition) is 1. The number of likely N-dealkylation sites (tertiary alicyclic amines) is 1. The highest BCUT2D eigenvalue weighted by Crippen LogP contribution is 2.30. The molecule has 2 rings (SSSR count). The van der Waals surface area contributed by atoms with E-state index in [2.05, 4.69) is 10.2 Å². The first kappa shape index (κ1) is 16.0. The van der Waals surface area contributed by atoms with Crippen molar-refractivity contribution >= 4 is 23.2 Å². The summed E-state index contributed by atoms with van der Waals surface area (Å²) in [6, 6.07) is 3.12. The van der Waals surface area contributed by atoms with Crippen molar-refractivity contribution in [1.29, 1.82) is 0 Å². The lowest BCUT2D eigenvalue weighted by Crippen LogP contribution is -2.34. The quantitative estimate of drug-likeness (QED) is 0.827. The van der Waals surface area contributed by atoms with E-state index in [4.69, 9.17) is 23.2 Å². The first-order chi connectivity index (χ1) is 9.61. The van der Waals surface area contributed by atoms with Gasteiger partial charge in [-0.3, -0.25) is 4.90 Å². The maximum Gasteiger partial charge on any atom is 0.143 e. The molecule has 0 bridgehead atoms. The zero-order valence-corrected chi connectivity index (χ0v) is 13.3. The number of hydrogen-bond acceptors (Lipinski definition) is 2. The minimum atomic E-state index is -0.453. The molecule has 0 amide bonds. The minimum Gasteiger partial charge on any atom is -0.320 e. The van der Waals surface area contributed by atoms with Gasteiger partial charge in [0.2, 0.25) is 0 Å². The molecule has 1 aromatic rings. The molecule has 0 radical (unpaired) electrons. The summed E-state index contributed by atoms with van der Waals surface area (Å²) >= 11 is 12.0. The molecule has 0 atom stereocenters. The highest BCUT2D eigenvalue weighted by atomic mass is 35.5. The van der Waals surface area contributed by atoms with Crippen LogP contribution in [0.1, 0.15) is 24.8 Å². The van der Waals surface area contributed by atoms with Gasteiger partial charge in [-0.05, 0) is 63.5 Å². The molecule has 0 unspecified atom stereocenters. The van der Waals surface area contributed by atoms with Crippen LogP contribution in [0.4, 0.5) is 4.39 Å². The van der Waals surface area contributed by atoms with Crippen molar-refractivity contribution in [2.75, 3.05) is 26.7 Å². The van der Waals surface area contributed by atoms with E-state index in [-0.39, 0.29) is 5.02 Å². The Hall–Kier alpha value is -0.350. The Kier molecular flexibility index (Phi) is 6.09. The molecule has 2 nitrogen and oxygen atoms in total. The van der Waals surface area contributed by atoms with Gasteiger partial charge in [0.05, 0.1) is 10.0 Å². The molecule has 0 aliphatic carbocycles. The summed E-state index contributed by atoms with van der Waals surface area (Å²) in [6.45, 7) is 3.97. The van der Waals surface area contributed by atoms with Crippen molar-refractivity contribution in [1.82, 2.24) is 10.2 Å². The molecule has 1 fully saturated rings. The topological polar surface area (TPSA) is 15.3 Å². The molecule has 0 spiro atoms. The summed E-state index contributed by atoms with van der Waals surface area (Å²) in [5.41, 5.74) is 0.909. The van der Waals surface area contributed by atoms with Crippen LogP contribution in [-0.2, 0) is 6.54 Å². The van der Waals surface area contributed by atoms with Crippen LogP contribution >= 0.6 is 23.2 Å². The second-order valence-electron chi connectivity index (χ2n) is 5.45. The number of rotatable bonds is 5. The van der Waals surface area contributed by atoms with Crippen LogP contribution in [0.3, 0.4) is 0 Å². The number of nitrogens with zero attached hydrogens (tertiary/aromatic N) is 1. The second-order valence-corrected chi connectivity index (χ2v) is 6.20. The molecule has 5 heteroatoms. The third kappa shape index (κ3) is 4.08. The molecular weight excluding hydrogens is 298 g/mol. The lowest BCUT2D eigenvalue weighted by molar-refractivity contribution is 0.172. The summed E-state index contributed by atoms with van der Waals surface area (Å²) in [7, 11) is 2.00. The van der Waals surface area contributed by atoms with Gasteiger partial charge in [-0.25, -0.2) is 4.39 Å². The zero-order chi connectivity index (χ0) is 14.5. The van der Waals surface area contributed by atoms with Crippen LogP contribution in [0.2, 0.25) is 10.0 Å². The summed E-state index contributed by atoms with van der Waals surface area (Å²) in [5.74, 6) is 0.358. The van der Waals surface area contributed by atoms with Crippen LogP contribution in [0.5, 0.6) is 0 Å². The van der Waals surface area contributed by atoms with Crippen molar-refractivity contribution in [2.45, 2.75) is 25.8 Å². The maximum absolute atomic E-state index is 13.3. The van der Waals surface area contributed by atoms with Crippen molar-refractivity contribution in [2.24, 2.45) is 5.92 Å². The first-order valence-corrected chi connectivity index (χ1v) is 7.86. The van der Waals surface area contributed by atoms with Crippen molar-refractivity contribution < 1.29 is 4.39 Å². The molecule has 1 aromatic carbocycles. The highest BCUT2D eigenvalue weighted by Gasteiger charge is 2.20. The largest absolute Gasteiger partial charge is 0.320 e. The molecule has 1 N–H and O–H groups in total. The highest BCUT2D eigenvalue weighted by molar-refractivity contribution is 6.42. The third-order valence-electron chi connectivity index (χ3n) is 4.02. The Morgan fingerprint density at radius 1 is 1.25 bits per heavy atom. The molecule has 1 aliphatic rings. The SMILES string of the molecule is CNCCC1CCN(Cc2ccc(F)c(Cl)c2Cl)CC1. The Bertz CT molecular complexity index is 446. The average molecular weight is 319 g/mol. The summed E-state index contributed by atoms with van der Waals surface area (Å²) in [5, 5.41) is 3.59. The van der Waals surface area contributed by atoms with Crippen LogP contribution in [0.15, 0.2) is 12.1 Å².